The van der Waals surface area contributed by atoms with Gasteiger partial charge in [-0.05, 0) is 30.0 Å². The summed E-state index contributed by atoms with van der Waals surface area (Å²) in [6.07, 6.45) is 4.20. The topological polar surface area (TPSA) is 79.3 Å². The van der Waals surface area contributed by atoms with Crippen molar-refractivity contribution in [2.75, 3.05) is 0 Å². The van der Waals surface area contributed by atoms with Crippen molar-refractivity contribution in [3.63, 3.8) is 0 Å². The maximum absolute atomic E-state index is 11.6. The summed E-state index contributed by atoms with van der Waals surface area (Å²) in [6.45, 7) is 3.53. The van der Waals surface area contributed by atoms with Crippen LogP contribution in [0.15, 0.2) is 24.5 Å². The Morgan fingerprint density at radius 2 is 1.94 bits per heavy atom. The molecule has 18 heavy (non-hydrogen) atoms. The zero-order valence-electron chi connectivity index (χ0n) is 10.6. The lowest BCUT2D eigenvalue weighted by atomic mass is 10.0. The fourth-order valence-corrected chi connectivity index (χ4v) is 1.57. The molecule has 0 aromatic carbocycles. The van der Waals surface area contributed by atoms with Gasteiger partial charge in [0.15, 0.2) is 0 Å². The van der Waals surface area contributed by atoms with E-state index in [0.717, 1.165) is 5.56 Å². The van der Waals surface area contributed by atoms with Crippen LogP contribution in [0.5, 0.6) is 0 Å². The van der Waals surface area contributed by atoms with Crippen molar-refractivity contribution in [2.24, 2.45) is 5.92 Å². The van der Waals surface area contributed by atoms with Crippen LogP contribution in [0.1, 0.15) is 25.8 Å². The number of carboxylic acids is 1. The number of carboxylic acid groups (broad SMARTS) is 1. The fraction of sp³-hybridized carbons (Fsp3) is 0.462. The lowest BCUT2D eigenvalue weighted by Crippen LogP contribution is -2.44. The minimum atomic E-state index is -0.998. The van der Waals surface area contributed by atoms with E-state index in [4.69, 9.17) is 5.11 Å². The molecule has 0 saturated heterocycles. The Balaban J connectivity index is 2.44. The first-order chi connectivity index (χ1) is 8.50. The molecule has 2 N–H and O–H groups in total. The SMILES string of the molecule is CC(C)[C@H](NC(=O)CCc1ccncc1)C(=O)O. The minimum absolute atomic E-state index is 0.132. The van der Waals surface area contributed by atoms with Gasteiger partial charge in [0.05, 0.1) is 0 Å². The third-order valence-corrected chi connectivity index (χ3v) is 2.64. The summed E-state index contributed by atoms with van der Waals surface area (Å²) in [5.41, 5.74) is 1.01. The molecule has 0 aliphatic heterocycles. The third kappa shape index (κ3) is 4.53. The summed E-state index contributed by atoms with van der Waals surface area (Å²) < 4.78 is 0. The number of carbonyl (C=O) groups excluding carboxylic acids is 1. The van der Waals surface area contributed by atoms with Gasteiger partial charge in [0.1, 0.15) is 6.04 Å². The van der Waals surface area contributed by atoms with Gasteiger partial charge in [-0.1, -0.05) is 13.8 Å². The number of aromatic nitrogens is 1. The summed E-state index contributed by atoms with van der Waals surface area (Å²) in [5.74, 6) is -1.37. The number of amides is 1. The number of aryl methyl sites for hydroxylation is 1. The van der Waals surface area contributed by atoms with Gasteiger partial charge in [0.25, 0.3) is 0 Å². The normalized spacial score (nSPS) is 12.2. The summed E-state index contributed by atoms with van der Waals surface area (Å²) >= 11 is 0. The van der Waals surface area contributed by atoms with Gasteiger partial charge in [-0.25, -0.2) is 4.79 Å². The van der Waals surface area contributed by atoms with Crippen LogP contribution < -0.4 is 5.32 Å². The largest absolute Gasteiger partial charge is 0.480 e. The van der Waals surface area contributed by atoms with Crippen LogP contribution in [0.3, 0.4) is 0 Å². The average Bonchev–Trinajstić information content (AvgIpc) is 2.34. The van der Waals surface area contributed by atoms with E-state index in [9.17, 15) is 9.59 Å². The Hall–Kier alpha value is -1.91. The van der Waals surface area contributed by atoms with Crippen LogP contribution in [0.25, 0.3) is 0 Å². The Labute approximate surface area is 106 Å². The highest BCUT2D eigenvalue weighted by Crippen LogP contribution is 2.04. The van der Waals surface area contributed by atoms with Crippen molar-refractivity contribution < 1.29 is 14.7 Å². The molecule has 0 aliphatic carbocycles. The summed E-state index contributed by atoms with van der Waals surface area (Å²) in [5, 5.41) is 11.5. The molecule has 0 bridgehead atoms. The van der Waals surface area contributed by atoms with Crippen LogP contribution in [0.4, 0.5) is 0 Å². The van der Waals surface area contributed by atoms with E-state index in [0.29, 0.717) is 6.42 Å². The Kier molecular flexibility index (Phi) is 5.30. The molecule has 1 rings (SSSR count). The van der Waals surface area contributed by atoms with Crippen molar-refractivity contribution in [3.05, 3.63) is 30.1 Å². The van der Waals surface area contributed by atoms with Gasteiger partial charge in [-0.2, -0.15) is 0 Å². The summed E-state index contributed by atoms with van der Waals surface area (Å²) in [4.78, 5) is 26.5. The van der Waals surface area contributed by atoms with E-state index in [2.05, 4.69) is 10.3 Å². The van der Waals surface area contributed by atoms with E-state index in [1.807, 2.05) is 12.1 Å². The maximum Gasteiger partial charge on any atom is 0.326 e. The van der Waals surface area contributed by atoms with Crippen LogP contribution >= 0.6 is 0 Å². The van der Waals surface area contributed by atoms with Crippen molar-refractivity contribution >= 4 is 11.9 Å². The molecular weight excluding hydrogens is 232 g/mol. The minimum Gasteiger partial charge on any atom is -0.480 e. The fourth-order valence-electron chi connectivity index (χ4n) is 1.57. The summed E-state index contributed by atoms with van der Waals surface area (Å²) in [6, 6.07) is 2.85. The van der Waals surface area contributed by atoms with Crippen LogP contribution in [0, 0.1) is 5.92 Å². The van der Waals surface area contributed by atoms with Crippen LogP contribution in [0.2, 0.25) is 0 Å². The molecule has 1 amide bonds. The Bertz CT molecular complexity index is 404. The van der Waals surface area contributed by atoms with Gasteiger partial charge < -0.3 is 10.4 Å². The quantitative estimate of drug-likeness (QED) is 0.796. The molecule has 0 aliphatic rings. The van der Waals surface area contributed by atoms with Gasteiger partial charge in [-0.15, -0.1) is 0 Å². The number of aliphatic carboxylic acids is 1. The predicted molar refractivity (Wildman–Crippen MR) is 67.0 cm³/mol. The number of rotatable bonds is 6. The molecule has 0 fully saturated rings. The first-order valence-corrected chi connectivity index (χ1v) is 5.91. The molecule has 0 saturated carbocycles. The zero-order valence-corrected chi connectivity index (χ0v) is 10.6. The molecule has 1 aromatic heterocycles. The van der Waals surface area contributed by atoms with Gasteiger partial charge in [0, 0.05) is 18.8 Å². The van der Waals surface area contributed by atoms with Crippen molar-refractivity contribution in [2.45, 2.75) is 32.7 Å². The number of carbonyl (C=O) groups is 2. The summed E-state index contributed by atoms with van der Waals surface area (Å²) in [7, 11) is 0. The molecule has 0 unspecified atom stereocenters. The first kappa shape index (κ1) is 14.2. The highest BCUT2D eigenvalue weighted by molar-refractivity contribution is 5.83. The first-order valence-electron chi connectivity index (χ1n) is 5.91. The van der Waals surface area contributed by atoms with E-state index < -0.39 is 12.0 Å². The molecule has 5 nitrogen and oxygen atoms in total. The van der Waals surface area contributed by atoms with Crippen molar-refractivity contribution in [1.29, 1.82) is 0 Å². The molecule has 0 spiro atoms. The number of pyridine rings is 1. The second kappa shape index (κ2) is 6.74. The van der Waals surface area contributed by atoms with Gasteiger partial charge >= 0.3 is 5.97 Å². The Morgan fingerprint density at radius 3 is 2.44 bits per heavy atom. The molecule has 98 valence electrons. The highest BCUT2D eigenvalue weighted by Gasteiger charge is 2.22. The van der Waals surface area contributed by atoms with E-state index in [1.54, 1.807) is 26.2 Å². The van der Waals surface area contributed by atoms with E-state index >= 15 is 0 Å². The monoisotopic (exact) mass is 250 g/mol. The lowest BCUT2D eigenvalue weighted by molar-refractivity contribution is -0.143. The zero-order chi connectivity index (χ0) is 13.5. The highest BCUT2D eigenvalue weighted by atomic mass is 16.4. The van der Waals surface area contributed by atoms with E-state index in [-0.39, 0.29) is 18.2 Å². The van der Waals surface area contributed by atoms with Crippen LogP contribution in [-0.4, -0.2) is 28.0 Å². The molecular formula is C13H18N2O3. The van der Waals surface area contributed by atoms with Crippen molar-refractivity contribution in [3.8, 4) is 0 Å². The number of hydrogen-bond acceptors (Lipinski definition) is 3. The smallest absolute Gasteiger partial charge is 0.326 e. The average molecular weight is 250 g/mol. The molecule has 5 heteroatoms. The molecule has 1 aromatic rings. The van der Waals surface area contributed by atoms with Crippen molar-refractivity contribution in [1.82, 2.24) is 10.3 Å². The maximum atomic E-state index is 11.6. The second-order valence-electron chi connectivity index (χ2n) is 4.48. The molecule has 1 heterocycles. The molecule has 1 atom stereocenters. The number of nitrogens with zero attached hydrogens (tertiary/aromatic N) is 1. The van der Waals surface area contributed by atoms with Gasteiger partial charge in [-0.3, -0.25) is 9.78 Å². The predicted octanol–water partition coefficient (Wildman–Crippen LogP) is 1.24. The van der Waals surface area contributed by atoms with E-state index in [1.165, 1.54) is 0 Å². The van der Waals surface area contributed by atoms with Gasteiger partial charge in [0.2, 0.25) is 5.91 Å². The standard InChI is InChI=1S/C13H18N2O3/c1-9(2)12(13(17)18)15-11(16)4-3-10-5-7-14-8-6-10/h5-9,12H,3-4H2,1-2H3,(H,15,16)(H,17,18)/t12-/m0/s1. The van der Waals surface area contributed by atoms with Crippen LogP contribution in [-0.2, 0) is 16.0 Å². The Morgan fingerprint density at radius 1 is 1.33 bits per heavy atom. The number of hydrogen-bond donors (Lipinski definition) is 2. The lowest BCUT2D eigenvalue weighted by Gasteiger charge is -2.17. The molecule has 0 radical (unpaired) electrons. The number of nitrogens with one attached hydrogen (secondary N) is 1. The third-order valence-electron chi connectivity index (χ3n) is 2.64. The second-order valence-corrected chi connectivity index (χ2v) is 4.48.